The summed E-state index contributed by atoms with van der Waals surface area (Å²) in [6, 6.07) is 25.3. The molecule has 0 atom stereocenters. The Morgan fingerprint density at radius 2 is 1.67 bits per heavy atom. The standard InChI is InChI=1S/C28H23N3O4S/c1-33-20-14-12-18(13-15-20)16-24-30-31-28(35-24)36-17-23-26(27(32)34-2)25(19-8-4-3-5-9-19)21-10-6-7-11-22(21)29-23/h3-15H,16-17H2,1-2H3. The number of rotatable bonds is 8. The van der Waals surface area contributed by atoms with Gasteiger partial charge in [0, 0.05) is 16.7 Å². The number of nitrogens with zero attached hydrogens (tertiary/aromatic N) is 3. The summed E-state index contributed by atoms with van der Waals surface area (Å²) in [7, 11) is 3.02. The highest BCUT2D eigenvalue weighted by Gasteiger charge is 2.23. The Kier molecular flexibility index (Phi) is 6.95. The SMILES string of the molecule is COC(=O)c1c(CSc2nnc(Cc3ccc(OC)cc3)o2)nc2ccccc2c1-c1ccccc1. The van der Waals surface area contributed by atoms with Crippen LogP contribution < -0.4 is 4.74 Å². The number of hydrogen-bond acceptors (Lipinski definition) is 8. The maximum absolute atomic E-state index is 13.0. The molecule has 36 heavy (non-hydrogen) atoms. The number of carbonyl (C=O) groups excluding carboxylic acids is 1. The molecule has 2 heterocycles. The van der Waals surface area contributed by atoms with Crippen molar-refractivity contribution in [2.45, 2.75) is 17.4 Å². The molecule has 0 aliphatic carbocycles. The van der Waals surface area contributed by atoms with Gasteiger partial charge in [0.2, 0.25) is 5.89 Å². The lowest BCUT2D eigenvalue weighted by Gasteiger charge is -2.15. The molecule has 0 bridgehead atoms. The topological polar surface area (TPSA) is 87.3 Å². The highest BCUT2D eigenvalue weighted by atomic mass is 32.2. The molecule has 0 saturated carbocycles. The third-order valence-electron chi connectivity index (χ3n) is 5.71. The minimum atomic E-state index is -0.437. The Morgan fingerprint density at radius 3 is 2.42 bits per heavy atom. The number of fused-ring (bicyclic) bond motifs is 1. The molecule has 0 radical (unpaired) electrons. The van der Waals surface area contributed by atoms with Crippen molar-refractivity contribution in [3.63, 3.8) is 0 Å². The van der Waals surface area contributed by atoms with Gasteiger partial charge >= 0.3 is 5.97 Å². The van der Waals surface area contributed by atoms with E-state index in [1.807, 2.05) is 78.9 Å². The molecule has 7 nitrogen and oxygen atoms in total. The quantitative estimate of drug-likeness (QED) is 0.192. The number of methoxy groups -OCH3 is 2. The molecule has 0 N–H and O–H groups in total. The zero-order valence-corrected chi connectivity index (χ0v) is 20.6. The van der Waals surface area contributed by atoms with E-state index in [1.54, 1.807) is 7.11 Å². The molecule has 180 valence electrons. The first-order valence-corrected chi connectivity index (χ1v) is 12.3. The van der Waals surface area contributed by atoms with Gasteiger partial charge in [0.05, 0.1) is 37.4 Å². The highest BCUT2D eigenvalue weighted by molar-refractivity contribution is 7.98. The zero-order chi connectivity index (χ0) is 24.9. The summed E-state index contributed by atoms with van der Waals surface area (Å²) >= 11 is 1.33. The number of aromatic nitrogens is 3. The second-order valence-corrected chi connectivity index (χ2v) is 8.89. The van der Waals surface area contributed by atoms with Crippen molar-refractivity contribution in [2.24, 2.45) is 0 Å². The van der Waals surface area contributed by atoms with Crippen LogP contribution in [0.4, 0.5) is 0 Å². The van der Waals surface area contributed by atoms with Crippen molar-refractivity contribution < 1.29 is 18.7 Å². The van der Waals surface area contributed by atoms with E-state index in [0.717, 1.165) is 33.3 Å². The maximum atomic E-state index is 13.0. The third kappa shape index (κ3) is 4.94. The van der Waals surface area contributed by atoms with Crippen LogP contribution in [0.3, 0.4) is 0 Å². The van der Waals surface area contributed by atoms with Crippen molar-refractivity contribution in [3.8, 4) is 16.9 Å². The summed E-state index contributed by atoms with van der Waals surface area (Å²) in [5, 5.41) is 9.65. The van der Waals surface area contributed by atoms with E-state index in [-0.39, 0.29) is 0 Å². The average Bonchev–Trinajstić information content (AvgIpc) is 3.38. The number of carbonyl (C=O) groups is 1. The summed E-state index contributed by atoms with van der Waals surface area (Å²) in [6.07, 6.45) is 0.511. The van der Waals surface area contributed by atoms with Crippen LogP contribution >= 0.6 is 11.8 Å². The number of hydrogen-bond donors (Lipinski definition) is 0. The monoisotopic (exact) mass is 497 g/mol. The van der Waals surface area contributed by atoms with Gasteiger partial charge in [-0.25, -0.2) is 4.79 Å². The van der Waals surface area contributed by atoms with E-state index in [9.17, 15) is 4.79 Å². The van der Waals surface area contributed by atoms with Gasteiger partial charge in [-0.15, -0.1) is 10.2 Å². The van der Waals surface area contributed by atoms with Crippen LogP contribution in [0.15, 0.2) is 88.5 Å². The van der Waals surface area contributed by atoms with Gasteiger partial charge in [-0.3, -0.25) is 4.98 Å². The van der Waals surface area contributed by atoms with Crippen LogP contribution in [0.2, 0.25) is 0 Å². The minimum absolute atomic E-state index is 0.360. The molecule has 0 aliphatic heterocycles. The molecular weight excluding hydrogens is 474 g/mol. The van der Waals surface area contributed by atoms with Crippen LogP contribution in [-0.4, -0.2) is 35.4 Å². The molecule has 0 aliphatic rings. The first-order chi connectivity index (χ1) is 17.7. The Bertz CT molecular complexity index is 1500. The molecule has 8 heteroatoms. The highest BCUT2D eigenvalue weighted by Crippen LogP contribution is 2.35. The largest absolute Gasteiger partial charge is 0.497 e. The Hall–Kier alpha value is -4.17. The molecule has 0 saturated heterocycles. The van der Waals surface area contributed by atoms with Crippen LogP contribution in [-0.2, 0) is 16.9 Å². The van der Waals surface area contributed by atoms with Crippen LogP contribution in [0.1, 0.15) is 27.5 Å². The van der Waals surface area contributed by atoms with Crippen molar-refractivity contribution in [3.05, 3.63) is 102 Å². The number of benzene rings is 3. The molecule has 0 spiro atoms. The van der Waals surface area contributed by atoms with Gasteiger partial charge in [0.1, 0.15) is 5.75 Å². The smallest absolute Gasteiger partial charge is 0.340 e. The zero-order valence-electron chi connectivity index (χ0n) is 19.8. The van der Waals surface area contributed by atoms with Crippen LogP contribution in [0.5, 0.6) is 5.75 Å². The summed E-state index contributed by atoms with van der Waals surface area (Å²) in [6.45, 7) is 0. The Labute approximate surface area is 212 Å². The molecule has 5 rings (SSSR count). The van der Waals surface area contributed by atoms with E-state index in [1.165, 1.54) is 18.9 Å². The molecule has 0 amide bonds. The lowest BCUT2D eigenvalue weighted by Crippen LogP contribution is -2.10. The van der Waals surface area contributed by atoms with E-state index in [4.69, 9.17) is 18.9 Å². The Morgan fingerprint density at radius 1 is 0.917 bits per heavy atom. The molecule has 5 aromatic rings. The first-order valence-electron chi connectivity index (χ1n) is 11.3. The molecular formula is C28H23N3O4S. The fourth-order valence-corrected chi connectivity index (χ4v) is 4.73. The van der Waals surface area contributed by atoms with Gasteiger partial charge in [0.25, 0.3) is 5.22 Å². The van der Waals surface area contributed by atoms with Crippen molar-refractivity contribution in [2.75, 3.05) is 14.2 Å². The van der Waals surface area contributed by atoms with Crippen LogP contribution in [0.25, 0.3) is 22.0 Å². The normalized spacial score (nSPS) is 10.9. The van der Waals surface area contributed by atoms with Gasteiger partial charge in [-0.2, -0.15) is 0 Å². The number of pyridine rings is 1. The minimum Gasteiger partial charge on any atom is -0.497 e. The second kappa shape index (κ2) is 10.6. The van der Waals surface area contributed by atoms with Crippen molar-refractivity contribution in [1.82, 2.24) is 15.2 Å². The predicted octanol–water partition coefficient (Wildman–Crippen LogP) is 5.96. The lowest BCUT2D eigenvalue weighted by molar-refractivity contribution is 0.0600. The summed E-state index contributed by atoms with van der Waals surface area (Å²) in [5.74, 6) is 1.22. The lowest BCUT2D eigenvalue weighted by atomic mass is 9.94. The number of esters is 1. The van der Waals surface area contributed by atoms with Gasteiger partial charge in [-0.1, -0.05) is 72.4 Å². The van der Waals surface area contributed by atoms with E-state index >= 15 is 0 Å². The van der Waals surface area contributed by atoms with Crippen LogP contribution in [0, 0.1) is 0 Å². The maximum Gasteiger partial charge on any atom is 0.340 e. The second-order valence-electron chi connectivity index (χ2n) is 7.96. The van der Waals surface area contributed by atoms with E-state index in [2.05, 4.69) is 10.2 Å². The molecule has 0 unspecified atom stereocenters. The predicted molar refractivity (Wildman–Crippen MR) is 138 cm³/mol. The number of para-hydroxylation sites is 1. The molecule has 2 aromatic heterocycles. The van der Waals surface area contributed by atoms with E-state index in [0.29, 0.717) is 34.5 Å². The van der Waals surface area contributed by atoms with E-state index < -0.39 is 5.97 Å². The number of ether oxygens (including phenoxy) is 2. The van der Waals surface area contributed by atoms with Gasteiger partial charge in [-0.05, 0) is 29.3 Å². The summed E-state index contributed by atoms with van der Waals surface area (Å²) < 4.78 is 16.2. The third-order valence-corrected chi connectivity index (χ3v) is 6.54. The molecule has 0 fully saturated rings. The first kappa shape index (κ1) is 23.6. The fraction of sp³-hybridized carbons (Fsp3) is 0.143. The fourth-order valence-electron chi connectivity index (χ4n) is 4.01. The Balaban J connectivity index is 1.46. The van der Waals surface area contributed by atoms with Gasteiger partial charge < -0.3 is 13.9 Å². The summed E-state index contributed by atoms with van der Waals surface area (Å²) in [5.41, 5.74) is 4.59. The average molecular weight is 498 g/mol. The van der Waals surface area contributed by atoms with Crippen molar-refractivity contribution >= 4 is 28.6 Å². The summed E-state index contributed by atoms with van der Waals surface area (Å²) in [4.78, 5) is 17.8. The molecule has 3 aromatic carbocycles. The number of thioether (sulfide) groups is 1. The van der Waals surface area contributed by atoms with Gasteiger partial charge in [0.15, 0.2) is 0 Å². The van der Waals surface area contributed by atoms with Crippen molar-refractivity contribution in [1.29, 1.82) is 0 Å².